The maximum atomic E-state index is 12.4. The average molecular weight is 350 g/mol. The fourth-order valence-corrected chi connectivity index (χ4v) is 3.95. The Morgan fingerprint density at radius 2 is 1.54 bits per heavy atom. The summed E-state index contributed by atoms with van der Waals surface area (Å²) >= 11 is 0. The molecule has 0 atom stereocenters. The first-order valence-electron chi connectivity index (χ1n) is 9.87. The van der Waals surface area contributed by atoms with Crippen molar-refractivity contribution in [1.82, 2.24) is 0 Å². The highest BCUT2D eigenvalue weighted by Gasteiger charge is 2.24. The molecule has 0 spiro atoms. The summed E-state index contributed by atoms with van der Waals surface area (Å²) in [7, 11) is 0. The highest BCUT2D eigenvalue weighted by molar-refractivity contribution is 5.90. The molecule has 26 heavy (non-hydrogen) atoms. The van der Waals surface area contributed by atoms with Gasteiger partial charge in [-0.1, -0.05) is 63.2 Å². The van der Waals surface area contributed by atoms with Gasteiger partial charge in [-0.2, -0.15) is 0 Å². The van der Waals surface area contributed by atoms with Gasteiger partial charge in [0, 0.05) is 12.1 Å². The molecule has 138 valence electrons. The molecule has 1 aliphatic rings. The van der Waals surface area contributed by atoms with Crippen LogP contribution in [0.4, 0.5) is 5.69 Å². The zero-order valence-corrected chi connectivity index (χ0v) is 16.3. The quantitative estimate of drug-likeness (QED) is 0.691. The third-order valence-electron chi connectivity index (χ3n) is 5.63. The molecule has 1 N–H and O–H groups in total. The Bertz CT molecular complexity index is 704. The molecule has 1 fully saturated rings. The van der Waals surface area contributed by atoms with Crippen molar-refractivity contribution >= 4 is 11.6 Å². The van der Waals surface area contributed by atoms with E-state index in [0.29, 0.717) is 18.3 Å². The summed E-state index contributed by atoms with van der Waals surface area (Å²) < 4.78 is 0. The summed E-state index contributed by atoms with van der Waals surface area (Å²) in [6.45, 7) is 6.60. The lowest BCUT2D eigenvalue weighted by atomic mass is 9.77. The predicted octanol–water partition coefficient (Wildman–Crippen LogP) is 6.29. The summed E-state index contributed by atoms with van der Waals surface area (Å²) in [4.78, 5) is 12.4. The molecule has 0 radical (unpaired) electrons. The number of carbonyl (C=O) groups excluding carboxylic acids is 1. The first-order chi connectivity index (χ1) is 12.4. The summed E-state index contributed by atoms with van der Waals surface area (Å²) in [5.74, 6) is 1.33. The Morgan fingerprint density at radius 1 is 0.923 bits per heavy atom. The van der Waals surface area contributed by atoms with Gasteiger partial charge < -0.3 is 5.32 Å². The lowest BCUT2D eigenvalue weighted by molar-refractivity contribution is -0.117. The summed E-state index contributed by atoms with van der Waals surface area (Å²) in [5, 5.41) is 3.07. The molecule has 0 saturated heterocycles. The largest absolute Gasteiger partial charge is 0.326 e. The molecule has 2 nitrogen and oxygen atoms in total. The fourth-order valence-electron chi connectivity index (χ4n) is 3.95. The molecule has 0 aliphatic heterocycles. The highest BCUT2D eigenvalue weighted by Crippen LogP contribution is 2.37. The number of hydrogen-bond acceptors (Lipinski definition) is 1. The molecule has 0 bridgehead atoms. The minimum atomic E-state index is 0.139. The van der Waals surface area contributed by atoms with Crippen LogP contribution in [0.15, 0.2) is 54.6 Å². The SMILES string of the molecule is CC(C)(C)c1ccc(NC(=O)C[C@H]2CC[C@@H](c3ccccc3)CC2)cc1. The molecule has 0 heterocycles. The van der Waals surface area contributed by atoms with Gasteiger partial charge in [-0.05, 0) is 66.2 Å². The molecule has 2 aromatic carbocycles. The van der Waals surface area contributed by atoms with Crippen molar-refractivity contribution in [1.29, 1.82) is 0 Å². The minimum Gasteiger partial charge on any atom is -0.326 e. The second-order valence-corrected chi connectivity index (χ2v) is 8.71. The van der Waals surface area contributed by atoms with Crippen molar-refractivity contribution in [3.63, 3.8) is 0 Å². The van der Waals surface area contributed by atoms with Crippen LogP contribution < -0.4 is 5.32 Å². The van der Waals surface area contributed by atoms with Gasteiger partial charge in [0.1, 0.15) is 0 Å². The van der Waals surface area contributed by atoms with E-state index in [2.05, 4.69) is 68.6 Å². The van der Waals surface area contributed by atoms with Crippen LogP contribution in [0, 0.1) is 5.92 Å². The van der Waals surface area contributed by atoms with Crippen molar-refractivity contribution in [2.24, 2.45) is 5.92 Å². The number of hydrogen-bond donors (Lipinski definition) is 1. The second-order valence-electron chi connectivity index (χ2n) is 8.71. The number of benzene rings is 2. The number of anilines is 1. The van der Waals surface area contributed by atoms with Crippen LogP contribution >= 0.6 is 0 Å². The fraction of sp³-hybridized carbons (Fsp3) is 0.458. The molecule has 2 heteroatoms. The van der Waals surface area contributed by atoms with E-state index < -0.39 is 0 Å². The normalized spacial score (nSPS) is 20.6. The molecule has 3 rings (SSSR count). The van der Waals surface area contributed by atoms with Gasteiger partial charge in [0.05, 0.1) is 0 Å². The Labute approximate surface area is 158 Å². The van der Waals surface area contributed by atoms with Crippen molar-refractivity contribution < 1.29 is 4.79 Å². The Morgan fingerprint density at radius 3 is 2.12 bits per heavy atom. The number of amides is 1. The summed E-state index contributed by atoms with van der Waals surface area (Å²) in [6.07, 6.45) is 5.33. The molecule has 0 unspecified atom stereocenters. The van der Waals surface area contributed by atoms with Gasteiger partial charge in [0.2, 0.25) is 5.91 Å². The van der Waals surface area contributed by atoms with Crippen LogP contribution in [0.3, 0.4) is 0 Å². The second kappa shape index (κ2) is 8.07. The zero-order chi connectivity index (χ0) is 18.6. The first-order valence-corrected chi connectivity index (χ1v) is 9.87. The van der Waals surface area contributed by atoms with Crippen molar-refractivity contribution in [3.05, 3.63) is 65.7 Å². The van der Waals surface area contributed by atoms with Crippen molar-refractivity contribution in [2.75, 3.05) is 5.32 Å². The van der Waals surface area contributed by atoms with Crippen LogP contribution in [0.1, 0.15) is 69.9 Å². The van der Waals surface area contributed by atoms with Crippen molar-refractivity contribution in [2.45, 2.75) is 64.2 Å². The first kappa shape index (κ1) is 18.7. The molecule has 1 aliphatic carbocycles. The smallest absolute Gasteiger partial charge is 0.224 e. The number of nitrogens with one attached hydrogen (secondary N) is 1. The minimum absolute atomic E-state index is 0.139. The van der Waals surface area contributed by atoms with E-state index in [-0.39, 0.29) is 11.3 Å². The van der Waals surface area contributed by atoms with Gasteiger partial charge >= 0.3 is 0 Å². The monoisotopic (exact) mass is 349 g/mol. The van der Waals surface area contributed by atoms with E-state index >= 15 is 0 Å². The molecule has 1 saturated carbocycles. The van der Waals surface area contributed by atoms with E-state index in [1.165, 1.54) is 24.0 Å². The van der Waals surface area contributed by atoms with Gasteiger partial charge in [0.15, 0.2) is 0 Å². The topological polar surface area (TPSA) is 29.1 Å². The molecule has 2 aromatic rings. The van der Waals surface area contributed by atoms with Gasteiger partial charge in [0.25, 0.3) is 0 Å². The number of carbonyl (C=O) groups is 1. The summed E-state index contributed by atoms with van der Waals surface area (Å²) in [5.41, 5.74) is 3.78. The highest BCUT2D eigenvalue weighted by atomic mass is 16.1. The molecule has 0 aromatic heterocycles. The Balaban J connectivity index is 1.47. The average Bonchev–Trinajstić information content (AvgIpc) is 2.63. The predicted molar refractivity (Wildman–Crippen MR) is 110 cm³/mol. The van der Waals surface area contributed by atoms with Crippen LogP contribution in [-0.2, 0) is 10.2 Å². The van der Waals surface area contributed by atoms with E-state index in [9.17, 15) is 4.79 Å². The van der Waals surface area contributed by atoms with E-state index in [1.807, 2.05) is 12.1 Å². The van der Waals surface area contributed by atoms with Crippen LogP contribution in [0.25, 0.3) is 0 Å². The molecule has 1 amide bonds. The van der Waals surface area contributed by atoms with Gasteiger partial charge in [-0.15, -0.1) is 0 Å². The maximum absolute atomic E-state index is 12.4. The lowest BCUT2D eigenvalue weighted by Gasteiger charge is -2.28. The molecular weight excluding hydrogens is 318 g/mol. The van der Waals surface area contributed by atoms with E-state index in [0.717, 1.165) is 18.5 Å². The third-order valence-corrected chi connectivity index (χ3v) is 5.63. The van der Waals surface area contributed by atoms with Gasteiger partial charge in [-0.3, -0.25) is 4.79 Å². The van der Waals surface area contributed by atoms with E-state index in [1.54, 1.807) is 0 Å². The standard InChI is InChI=1S/C24H31NO/c1-24(2,3)21-13-15-22(16-14-21)25-23(26)17-18-9-11-20(12-10-18)19-7-5-4-6-8-19/h4-8,13-16,18,20H,9-12,17H2,1-3H3,(H,25,26)/t18-,20+. The molecular formula is C24H31NO. The van der Waals surface area contributed by atoms with Crippen LogP contribution in [0.2, 0.25) is 0 Å². The Hall–Kier alpha value is -2.09. The maximum Gasteiger partial charge on any atom is 0.224 e. The van der Waals surface area contributed by atoms with Gasteiger partial charge in [-0.25, -0.2) is 0 Å². The zero-order valence-electron chi connectivity index (χ0n) is 16.3. The number of rotatable bonds is 4. The van der Waals surface area contributed by atoms with Crippen molar-refractivity contribution in [3.8, 4) is 0 Å². The lowest BCUT2D eigenvalue weighted by Crippen LogP contribution is -2.20. The van der Waals surface area contributed by atoms with Crippen LogP contribution in [0.5, 0.6) is 0 Å². The van der Waals surface area contributed by atoms with Crippen LogP contribution in [-0.4, -0.2) is 5.91 Å². The Kier molecular flexibility index (Phi) is 5.80. The summed E-state index contributed by atoms with van der Waals surface area (Å²) in [6, 6.07) is 19.1. The third kappa shape index (κ3) is 4.97. The van der Waals surface area contributed by atoms with E-state index in [4.69, 9.17) is 0 Å².